The second kappa shape index (κ2) is 5.83. The molecule has 0 amide bonds. The first kappa shape index (κ1) is 16.7. The van der Waals surface area contributed by atoms with Crippen LogP contribution in [0, 0.1) is 5.82 Å². The van der Waals surface area contributed by atoms with Crippen LogP contribution in [0.15, 0.2) is 35.0 Å². The quantitative estimate of drug-likeness (QED) is 0.854. The van der Waals surface area contributed by atoms with Crippen LogP contribution in [0.5, 0.6) is 0 Å². The van der Waals surface area contributed by atoms with E-state index in [9.17, 15) is 12.8 Å². The molecule has 0 aliphatic carbocycles. The Hall–Kier alpha value is -1.69. The molecule has 120 valence electrons. The Morgan fingerprint density at radius 3 is 2.45 bits per heavy atom. The summed E-state index contributed by atoms with van der Waals surface area (Å²) in [6, 6.07) is 6.18. The third-order valence-electron chi connectivity index (χ3n) is 3.47. The molecule has 4 nitrogen and oxygen atoms in total. The number of benzene rings is 1. The fraction of sp³-hybridized carbons (Fsp3) is 0.438. The van der Waals surface area contributed by atoms with Crippen molar-refractivity contribution in [1.82, 2.24) is 0 Å². The molecule has 1 aromatic carbocycles. The Bertz CT molecular complexity index is 744. The Labute approximate surface area is 130 Å². The monoisotopic (exact) mass is 325 g/mol. The van der Waals surface area contributed by atoms with Gasteiger partial charge in [-0.15, -0.1) is 0 Å². The normalized spacial score (nSPS) is 16.9. The SMILES string of the molecule is CC(C)=C(CS(=O)(=O)C1=NOC(C)(C)C1)c1ccccc1F. The Morgan fingerprint density at radius 2 is 1.95 bits per heavy atom. The summed E-state index contributed by atoms with van der Waals surface area (Å²) < 4.78 is 39.1. The Balaban J connectivity index is 2.35. The predicted octanol–water partition coefficient (Wildman–Crippen LogP) is 3.55. The van der Waals surface area contributed by atoms with Crippen LogP contribution in [0.4, 0.5) is 4.39 Å². The predicted molar refractivity (Wildman–Crippen MR) is 85.7 cm³/mol. The molecular formula is C16H20FNO3S. The molecule has 0 atom stereocenters. The molecule has 0 N–H and O–H groups in total. The van der Waals surface area contributed by atoms with E-state index >= 15 is 0 Å². The molecular weight excluding hydrogens is 305 g/mol. The van der Waals surface area contributed by atoms with Gasteiger partial charge in [-0.05, 0) is 39.3 Å². The summed E-state index contributed by atoms with van der Waals surface area (Å²) >= 11 is 0. The lowest BCUT2D eigenvalue weighted by atomic mass is 10.0. The third-order valence-corrected chi connectivity index (χ3v) is 5.07. The highest BCUT2D eigenvalue weighted by molar-refractivity contribution is 8.06. The fourth-order valence-electron chi connectivity index (χ4n) is 2.24. The zero-order chi connectivity index (χ0) is 16.5. The van der Waals surface area contributed by atoms with Crippen molar-refractivity contribution < 1.29 is 17.6 Å². The third kappa shape index (κ3) is 3.55. The topological polar surface area (TPSA) is 55.7 Å². The van der Waals surface area contributed by atoms with Crippen molar-refractivity contribution in [3.8, 4) is 0 Å². The van der Waals surface area contributed by atoms with E-state index in [1.807, 2.05) is 0 Å². The van der Waals surface area contributed by atoms with Gasteiger partial charge in [-0.3, -0.25) is 0 Å². The van der Waals surface area contributed by atoms with Crippen molar-refractivity contribution in [2.24, 2.45) is 5.16 Å². The average Bonchev–Trinajstić information content (AvgIpc) is 2.78. The molecule has 0 spiro atoms. The van der Waals surface area contributed by atoms with Crippen LogP contribution in [-0.4, -0.2) is 24.8 Å². The number of oxime groups is 1. The molecule has 1 aliphatic rings. The van der Waals surface area contributed by atoms with Gasteiger partial charge in [0.15, 0.2) is 14.9 Å². The first-order valence-electron chi connectivity index (χ1n) is 7.01. The molecule has 1 aliphatic heterocycles. The van der Waals surface area contributed by atoms with Gasteiger partial charge < -0.3 is 4.84 Å². The highest BCUT2D eigenvalue weighted by Gasteiger charge is 2.36. The van der Waals surface area contributed by atoms with Gasteiger partial charge in [0.25, 0.3) is 0 Å². The molecule has 0 unspecified atom stereocenters. The van der Waals surface area contributed by atoms with E-state index in [-0.39, 0.29) is 17.2 Å². The number of rotatable bonds is 3. The van der Waals surface area contributed by atoms with Gasteiger partial charge in [0.1, 0.15) is 11.4 Å². The van der Waals surface area contributed by atoms with Crippen LogP contribution in [0.2, 0.25) is 0 Å². The van der Waals surface area contributed by atoms with Gasteiger partial charge in [-0.1, -0.05) is 28.9 Å². The van der Waals surface area contributed by atoms with Crippen molar-refractivity contribution in [3.05, 3.63) is 41.2 Å². The standard InChI is InChI=1S/C16H20FNO3S/c1-11(2)13(12-7-5-6-8-14(12)17)10-22(19,20)15-9-16(3,4)21-18-15/h5-8H,9-10H2,1-4H3. The number of nitrogens with zero attached hydrogens (tertiary/aromatic N) is 1. The zero-order valence-corrected chi connectivity index (χ0v) is 14.0. The first-order chi connectivity index (χ1) is 10.1. The number of hydrogen-bond donors (Lipinski definition) is 0. The number of allylic oxidation sites excluding steroid dienone is 1. The highest BCUT2D eigenvalue weighted by Crippen LogP contribution is 2.29. The highest BCUT2D eigenvalue weighted by atomic mass is 32.2. The zero-order valence-electron chi connectivity index (χ0n) is 13.2. The van der Waals surface area contributed by atoms with Gasteiger partial charge in [-0.25, -0.2) is 12.8 Å². The summed E-state index contributed by atoms with van der Waals surface area (Å²) in [7, 11) is -3.64. The summed E-state index contributed by atoms with van der Waals surface area (Å²) in [5.74, 6) is -0.715. The largest absolute Gasteiger partial charge is 0.389 e. The van der Waals surface area contributed by atoms with Gasteiger partial charge in [0.05, 0.1) is 5.75 Å². The van der Waals surface area contributed by atoms with E-state index in [1.165, 1.54) is 6.07 Å². The molecule has 1 heterocycles. The van der Waals surface area contributed by atoms with E-state index in [0.29, 0.717) is 11.1 Å². The molecule has 0 bridgehead atoms. The molecule has 0 fully saturated rings. The molecule has 1 aromatic rings. The lowest BCUT2D eigenvalue weighted by Crippen LogP contribution is -2.24. The molecule has 2 rings (SSSR count). The van der Waals surface area contributed by atoms with Crippen LogP contribution < -0.4 is 0 Å². The maximum atomic E-state index is 14.0. The van der Waals surface area contributed by atoms with Crippen LogP contribution in [0.25, 0.3) is 5.57 Å². The molecule has 0 radical (unpaired) electrons. The van der Waals surface area contributed by atoms with Gasteiger partial charge >= 0.3 is 0 Å². The van der Waals surface area contributed by atoms with Crippen molar-refractivity contribution in [1.29, 1.82) is 0 Å². The summed E-state index contributed by atoms with van der Waals surface area (Å²) in [5.41, 5.74) is 0.911. The molecule has 0 aromatic heterocycles. The van der Waals surface area contributed by atoms with Crippen molar-refractivity contribution in [3.63, 3.8) is 0 Å². The smallest absolute Gasteiger partial charge is 0.199 e. The van der Waals surface area contributed by atoms with Crippen molar-refractivity contribution in [2.45, 2.75) is 39.7 Å². The molecule has 6 heteroatoms. The lowest BCUT2D eigenvalue weighted by Gasteiger charge is -2.14. The van der Waals surface area contributed by atoms with Crippen LogP contribution in [0.1, 0.15) is 39.7 Å². The summed E-state index contributed by atoms with van der Waals surface area (Å²) in [6.07, 6.45) is 0.225. The number of hydrogen-bond acceptors (Lipinski definition) is 4. The summed E-state index contributed by atoms with van der Waals surface area (Å²) in [4.78, 5) is 5.13. The molecule has 22 heavy (non-hydrogen) atoms. The van der Waals surface area contributed by atoms with Crippen LogP contribution in [0.3, 0.4) is 0 Å². The maximum Gasteiger partial charge on any atom is 0.199 e. The number of halogens is 1. The average molecular weight is 325 g/mol. The van der Waals surface area contributed by atoms with E-state index in [4.69, 9.17) is 4.84 Å². The first-order valence-corrected chi connectivity index (χ1v) is 8.67. The van der Waals surface area contributed by atoms with E-state index in [1.54, 1.807) is 45.9 Å². The maximum absolute atomic E-state index is 14.0. The second-order valence-corrected chi connectivity index (χ2v) is 8.22. The Kier molecular flexibility index (Phi) is 4.42. The minimum Gasteiger partial charge on any atom is -0.389 e. The lowest BCUT2D eigenvalue weighted by molar-refractivity contribution is 0.0123. The van der Waals surface area contributed by atoms with Gasteiger partial charge in [0, 0.05) is 12.0 Å². The Morgan fingerprint density at radius 1 is 1.32 bits per heavy atom. The fourth-order valence-corrected chi connectivity index (χ4v) is 3.95. The summed E-state index contributed by atoms with van der Waals surface area (Å²) in [6.45, 7) is 7.10. The summed E-state index contributed by atoms with van der Waals surface area (Å²) in [5, 5.41) is 3.72. The van der Waals surface area contributed by atoms with Crippen LogP contribution in [-0.2, 0) is 14.7 Å². The minimum absolute atomic E-state index is 0.0209. The minimum atomic E-state index is -3.64. The molecule has 0 saturated heterocycles. The second-order valence-electron chi connectivity index (χ2n) is 6.23. The number of sulfone groups is 1. The van der Waals surface area contributed by atoms with Gasteiger partial charge in [0.2, 0.25) is 0 Å². The van der Waals surface area contributed by atoms with Crippen LogP contribution >= 0.6 is 0 Å². The van der Waals surface area contributed by atoms with E-state index < -0.39 is 21.3 Å². The van der Waals surface area contributed by atoms with Crippen molar-refractivity contribution in [2.75, 3.05) is 5.75 Å². The van der Waals surface area contributed by atoms with E-state index in [2.05, 4.69) is 5.16 Å². The van der Waals surface area contributed by atoms with Crippen molar-refractivity contribution >= 4 is 20.5 Å². The van der Waals surface area contributed by atoms with E-state index in [0.717, 1.165) is 5.57 Å². The molecule has 0 saturated carbocycles. The van der Waals surface area contributed by atoms with Gasteiger partial charge in [-0.2, -0.15) is 0 Å².